The molecule has 0 aliphatic carbocycles. The van der Waals surface area contributed by atoms with Crippen LogP contribution in [0.15, 0.2) is 0 Å². The van der Waals surface area contributed by atoms with Crippen molar-refractivity contribution < 1.29 is 4.74 Å². The van der Waals surface area contributed by atoms with Gasteiger partial charge in [0, 0.05) is 6.04 Å². The molecule has 0 aliphatic heterocycles. The largest absolute Gasteiger partial charge is 0.377 e. The van der Waals surface area contributed by atoms with Crippen molar-refractivity contribution in [1.29, 1.82) is 0 Å². The van der Waals surface area contributed by atoms with Gasteiger partial charge >= 0.3 is 0 Å². The maximum Gasteiger partial charge on any atom is 0.0625 e. The molecule has 0 fully saturated rings. The average molecular weight is 215 g/mol. The lowest BCUT2D eigenvalue weighted by molar-refractivity contribution is 0.0360. The second-order valence-corrected chi connectivity index (χ2v) is 4.74. The summed E-state index contributed by atoms with van der Waals surface area (Å²) in [5, 5.41) is 3.54. The van der Waals surface area contributed by atoms with Crippen LogP contribution >= 0.6 is 0 Å². The van der Waals surface area contributed by atoms with Crippen LogP contribution < -0.4 is 5.32 Å². The van der Waals surface area contributed by atoms with Crippen LogP contribution in [0.4, 0.5) is 0 Å². The Morgan fingerprint density at radius 3 is 2.20 bits per heavy atom. The molecule has 0 aromatic heterocycles. The van der Waals surface area contributed by atoms with E-state index in [9.17, 15) is 0 Å². The maximum absolute atomic E-state index is 5.84. The van der Waals surface area contributed by atoms with Gasteiger partial charge in [0.25, 0.3) is 0 Å². The quantitative estimate of drug-likeness (QED) is 0.637. The van der Waals surface area contributed by atoms with E-state index in [1.807, 2.05) is 0 Å². The SMILES string of the molecule is CCCNC(COC(C)CCC)C(C)C. The Balaban J connectivity index is 3.74. The molecular formula is C13H29NO. The third kappa shape index (κ3) is 7.80. The minimum Gasteiger partial charge on any atom is -0.377 e. The number of nitrogens with one attached hydrogen (secondary N) is 1. The first kappa shape index (κ1) is 14.9. The molecule has 0 radical (unpaired) electrons. The fraction of sp³-hybridized carbons (Fsp3) is 1.00. The van der Waals surface area contributed by atoms with Crippen molar-refractivity contribution in [2.45, 2.75) is 66.0 Å². The van der Waals surface area contributed by atoms with Gasteiger partial charge in [-0.15, -0.1) is 0 Å². The molecule has 0 saturated carbocycles. The van der Waals surface area contributed by atoms with Gasteiger partial charge in [0.1, 0.15) is 0 Å². The Bertz CT molecular complexity index is 136. The summed E-state index contributed by atoms with van der Waals surface area (Å²) in [6.45, 7) is 13.0. The summed E-state index contributed by atoms with van der Waals surface area (Å²) in [7, 11) is 0. The van der Waals surface area contributed by atoms with Gasteiger partial charge in [-0.2, -0.15) is 0 Å². The van der Waals surface area contributed by atoms with E-state index in [2.05, 4.69) is 39.9 Å². The minimum absolute atomic E-state index is 0.402. The standard InChI is InChI=1S/C13H29NO/c1-6-8-12(5)15-10-13(11(3)4)14-9-7-2/h11-14H,6-10H2,1-5H3. The van der Waals surface area contributed by atoms with Crippen molar-refractivity contribution in [3.05, 3.63) is 0 Å². The zero-order chi connectivity index (χ0) is 11.7. The van der Waals surface area contributed by atoms with Gasteiger partial charge in [-0.05, 0) is 32.2 Å². The van der Waals surface area contributed by atoms with Crippen LogP contribution in [0.3, 0.4) is 0 Å². The van der Waals surface area contributed by atoms with E-state index in [1.54, 1.807) is 0 Å². The van der Waals surface area contributed by atoms with Crippen molar-refractivity contribution in [2.75, 3.05) is 13.2 Å². The van der Waals surface area contributed by atoms with Gasteiger partial charge in [0.15, 0.2) is 0 Å². The van der Waals surface area contributed by atoms with Crippen LogP contribution in [0.5, 0.6) is 0 Å². The molecule has 92 valence electrons. The Kier molecular flexibility index (Phi) is 9.12. The summed E-state index contributed by atoms with van der Waals surface area (Å²) in [6.07, 6.45) is 3.96. The van der Waals surface area contributed by atoms with Crippen molar-refractivity contribution in [2.24, 2.45) is 5.92 Å². The molecule has 0 rings (SSSR count). The highest BCUT2D eigenvalue weighted by Gasteiger charge is 2.13. The summed E-state index contributed by atoms with van der Waals surface area (Å²) in [4.78, 5) is 0. The van der Waals surface area contributed by atoms with Gasteiger partial charge in [-0.25, -0.2) is 0 Å². The first-order chi connectivity index (χ1) is 7.11. The van der Waals surface area contributed by atoms with Crippen molar-refractivity contribution >= 4 is 0 Å². The van der Waals surface area contributed by atoms with Crippen LogP contribution in [0.25, 0.3) is 0 Å². The Morgan fingerprint density at radius 2 is 1.73 bits per heavy atom. The molecule has 0 amide bonds. The molecule has 0 aromatic carbocycles. The molecule has 0 saturated heterocycles. The first-order valence-electron chi connectivity index (χ1n) is 6.46. The molecule has 0 aromatic rings. The predicted octanol–water partition coefficient (Wildman–Crippen LogP) is 3.22. The molecule has 1 N–H and O–H groups in total. The van der Waals surface area contributed by atoms with E-state index >= 15 is 0 Å². The van der Waals surface area contributed by atoms with E-state index in [4.69, 9.17) is 4.74 Å². The summed E-state index contributed by atoms with van der Waals surface area (Å²) in [5.41, 5.74) is 0. The summed E-state index contributed by atoms with van der Waals surface area (Å²) >= 11 is 0. The average Bonchev–Trinajstić information content (AvgIpc) is 2.17. The second-order valence-electron chi connectivity index (χ2n) is 4.74. The molecule has 2 heteroatoms. The number of rotatable bonds is 9. The van der Waals surface area contributed by atoms with Crippen molar-refractivity contribution in [1.82, 2.24) is 5.32 Å². The smallest absolute Gasteiger partial charge is 0.0625 e. The van der Waals surface area contributed by atoms with Crippen LogP contribution in [-0.4, -0.2) is 25.3 Å². The highest BCUT2D eigenvalue weighted by atomic mass is 16.5. The second kappa shape index (κ2) is 9.17. The molecular weight excluding hydrogens is 186 g/mol. The maximum atomic E-state index is 5.84. The first-order valence-corrected chi connectivity index (χ1v) is 6.46. The zero-order valence-electron chi connectivity index (χ0n) is 11.2. The van der Waals surface area contributed by atoms with Gasteiger partial charge in [0.05, 0.1) is 12.7 Å². The van der Waals surface area contributed by atoms with Gasteiger partial charge in [-0.3, -0.25) is 0 Å². The van der Waals surface area contributed by atoms with Crippen LogP contribution in [-0.2, 0) is 4.74 Å². The van der Waals surface area contributed by atoms with Gasteiger partial charge in [0.2, 0.25) is 0 Å². The third-order valence-electron chi connectivity index (χ3n) is 2.72. The molecule has 0 spiro atoms. The highest BCUT2D eigenvalue weighted by molar-refractivity contribution is 4.70. The third-order valence-corrected chi connectivity index (χ3v) is 2.72. The Morgan fingerprint density at radius 1 is 1.07 bits per heavy atom. The lowest BCUT2D eigenvalue weighted by Crippen LogP contribution is -2.39. The summed E-state index contributed by atoms with van der Waals surface area (Å²) < 4.78 is 5.84. The van der Waals surface area contributed by atoms with Crippen LogP contribution in [0, 0.1) is 5.92 Å². The normalized spacial score (nSPS) is 15.6. The van der Waals surface area contributed by atoms with Crippen LogP contribution in [0.1, 0.15) is 53.9 Å². The number of ether oxygens (including phenoxy) is 1. The van der Waals surface area contributed by atoms with Gasteiger partial charge < -0.3 is 10.1 Å². The van der Waals surface area contributed by atoms with E-state index in [-0.39, 0.29) is 0 Å². The van der Waals surface area contributed by atoms with Crippen LogP contribution in [0.2, 0.25) is 0 Å². The summed E-state index contributed by atoms with van der Waals surface area (Å²) in [5.74, 6) is 0.644. The molecule has 2 unspecified atom stereocenters. The fourth-order valence-electron chi connectivity index (χ4n) is 1.57. The molecule has 0 heterocycles. The van der Waals surface area contributed by atoms with E-state index in [0.717, 1.165) is 13.2 Å². The summed E-state index contributed by atoms with van der Waals surface area (Å²) in [6, 6.07) is 0.504. The Hall–Kier alpha value is -0.0800. The van der Waals surface area contributed by atoms with Gasteiger partial charge in [-0.1, -0.05) is 34.1 Å². The van der Waals surface area contributed by atoms with E-state index < -0.39 is 0 Å². The molecule has 15 heavy (non-hydrogen) atoms. The number of hydrogen-bond acceptors (Lipinski definition) is 2. The lowest BCUT2D eigenvalue weighted by Gasteiger charge is -2.24. The highest BCUT2D eigenvalue weighted by Crippen LogP contribution is 2.06. The Labute approximate surface area is 95.8 Å². The monoisotopic (exact) mass is 215 g/mol. The molecule has 2 nitrogen and oxygen atoms in total. The van der Waals surface area contributed by atoms with Crippen molar-refractivity contribution in [3.8, 4) is 0 Å². The van der Waals surface area contributed by atoms with Crippen molar-refractivity contribution in [3.63, 3.8) is 0 Å². The minimum atomic E-state index is 0.402. The van der Waals surface area contributed by atoms with E-state index in [0.29, 0.717) is 18.1 Å². The number of hydrogen-bond donors (Lipinski definition) is 1. The molecule has 0 aliphatic rings. The van der Waals surface area contributed by atoms with E-state index in [1.165, 1.54) is 19.3 Å². The molecule has 2 atom stereocenters. The fourth-order valence-corrected chi connectivity index (χ4v) is 1.57. The lowest BCUT2D eigenvalue weighted by atomic mass is 10.1. The topological polar surface area (TPSA) is 21.3 Å². The molecule has 0 bridgehead atoms. The predicted molar refractivity (Wildman–Crippen MR) is 67.2 cm³/mol. The zero-order valence-corrected chi connectivity index (χ0v) is 11.2.